The van der Waals surface area contributed by atoms with E-state index in [9.17, 15) is 4.79 Å². The first kappa shape index (κ1) is 15.2. The Bertz CT molecular complexity index is 525. The van der Waals surface area contributed by atoms with E-state index in [1.165, 1.54) is 7.11 Å². The van der Waals surface area contributed by atoms with Gasteiger partial charge in [0.1, 0.15) is 5.75 Å². The Morgan fingerprint density at radius 3 is 2.62 bits per heavy atom. The van der Waals surface area contributed by atoms with Crippen LogP contribution in [0.25, 0.3) is 0 Å². The predicted molar refractivity (Wildman–Crippen MR) is 80.6 cm³/mol. The summed E-state index contributed by atoms with van der Waals surface area (Å²) in [6, 6.07) is 8.06. The number of carbonyl (C=O) groups excluding carboxylic acids is 1. The van der Waals surface area contributed by atoms with Gasteiger partial charge >= 0.3 is 6.09 Å². The van der Waals surface area contributed by atoms with Gasteiger partial charge in [-0.1, -0.05) is 12.1 Å². The average Bonchev–Trinajstić information content (AvgIpc) is 2.80. The van der Waals surface area contributed by atoms with E-state index in [1.807, 2.05) is 50.1 Å². The van der Waals surface area contributed by atoms with Gasteiger partial charge in [0.05, 0.1) is 25.8 Å². The molecule has 2 rings (SSSR count). The number of methoxy groups -OCH3 is 1. The van der Waals surface area contributed by atoms with E-state index < -0.39 is 6.09 Å². The molecule has 0 saturated carbocycles. The van der Waals surface area contributed by atoms with Crippen molar-refractivity contribution in [1.29, 1.82) is 0 Å². The zero-order chi connectivity index (χ0) is 15.4. The van der Waals surface area contributed by atoms with Crippen LogP contribution in [-0.4, -0.2) is 43.8 Å². The second-order valence-corrected chi connectivity index (χ2v) is 5.14. The van der Waals surface area contributed by atoms with Crippen LogP contribution in [-0.2, 0) is 4.74 Å². The highest BCUT2D eigenvalue weighted by atomic mass is 16.5. The summed E-state index contributed by atoms with van der Waals surface area (Å²) in [6.45, 7) is 4.59. The maximum atomic E-state index is 11.2. The second-order valence-electron chi connectivity index (χ2n) is 5.14. The van der Waals surface area contributed by atoms with Gasteiger partial charge in [0, 0.05) is 7.05 Å². The van der Waals surface area contributed by atoms with Gasteiger partial charge in [-0.3, -0.25) is 10.3 Å². The number of likely N-dealkylation sites (N-methyl/N-ethyl adjacent to an activating group) is 1. The van der Waals surface area contributed by atoms with Gasteiger partial charge in [-0.15, -0.1) is 0 Å². The SMILES string of the molecule is COC(=O)NC1=NCC(c2ccc(OC(C)C)cc2)N1C. The fourth-order valence-corrected chi connectivity index (χ4v) is 2.19. The highest BCUT2D eigenvalue weighted by Crippen LogP contribution is 2.26. The van der Waals surface area contributed by atoms with Crippen molar-refractivity contribution in [2.24, 2.45) is 4.99 Å². The second kappa shape index (κ2) is 6.47. The Balaban J connectivity index is 2.02. The van der Waals surface area contributed by atoms with Crippen molar-refractivity contribution < 1.29 is 14.3 Å². The monoisotopic (exact) mass is 291 g/mol. The molecule has 1 aliphatic heterocycles. The van der Waals surface area contributed by atoms with Gasteiger partial charge in [0.25, 0.3) is 0 Å². The number of nitrogens with zero attached hydrogens (tertiary/aromatic N) is 2. The quantitative estimate of drug-likeness (QED) is 0.927. The lowest BCUT2D eigenvalue weighted by Crippen LogP contribution is -2.40. The molecule has 6 heteroatoms. The van der Waals surface area contributed by atoms with Crippen molar-refractivity contribution in [2.75, 3.05) is 20.7 Å². The van der Waals surface area contributed by atoms with Gasteiger partial charge < -0.3 is 14.4 Å². The Morgan fingerprint density at radius 2 is 2.05 bits per heavy atom. The molecule has 1 aromatic rings. The van der Waals surface area contributed by atoms with Crippen molar-refractivity contribution in [1.82, 2.24) is 10.2 Å². The molecule has 114 valence electrons. The molecule has 0 aliphatic carbocycles. The molecular formula is C15H21N3O3. The average molecular weight is 291 g/mol. The molecule has 1 unspecified atom stereocenters. The largest absolute Gasteiger partial charge is 0.491 e. The number of nitrogens with one attached hydrogen (secondary N) is 1. The van der Waals surface area contributed by atoms with E-state index in [2.05, 4.69) is 15.0 Å². The van der Waals surface area contributed by atoms with Crippen molar-refractivity contribution in [3.05, 3.63) is 29.8 Å². The third-order valence-electron chi connectivity index (χ3n) is 3.25. The molecule has 21 heavy (non-hydrogen) atoms. The van der Waals surface area contributed by atoms with Crippen molar-refractivity contribution >= 4 is 12.1 Å². The molecule has 0 spiro atoms. The molecule has 1 heterocycles. The normalized spacial score (nSPS) is 17.7. The summed E-state index contributed by atoms with van der Waals surface area (Å²) in [5, 5.41) is 2.61. The summed E-state index contributed by atoms with van der Waals surface area (Å²) in [6.07, 6.45) is -0.355. The van der Waals surface area contributed by atoms with E-state index in [4.69, 9.17) is 4.74 Å². The van der Waals surface area contributed by atoms with Crippen LogP contribution >= 0.6 is 0 Å². The topological polar surface area (TPSA) is 63.2 Å². The summed E-state index contributed by atoms with van der Waals surface area (Å²) in [5.41, 5.74) is 1.12. The number of rotatable bonds is 3. The molecule has 0 radical (unpaired) electrons. The van der Waals surface area contributed by atoms with Crippen LogP contribution in [0.4, 0.5) is 4.79 Å². The van der Waals surface area contributed by atoms with Gasteiger partial charge in [-0.25, -0.2) is 4.79 Å². The minimum absolute atomic E-state index is 0.102. The maximum absolute atomic E-state index is 11.2. The summed E-state index contributed by atoms with van der Waals surface area (Å²) in [4.78, 5) is 17.5. The predicted octanol–water partition coefficient (Wildman–Crippen LogP) is 2.17. The number of ether oxygens (including phenoxy) is 2. The Labute approximate surface area is 124 Å². The fourth-order valence-electron chi connectivity index (χ4n) is 2.19. The van der Waals surface area contributed by atoms with Crippen LogP contribution in [0.3, 0.4) is 0 Å². The Hall–Kier alpha value is -2.24. The number of alkyl carbamates (subject to hydrolysis) is 1. The summed E-state index contributed by atoms with van der Waals surface area (Å²) in [7, 11) is 3.22. The molecule has 1 atom stereocenters. The first-order valence-electron chi connectivity index (χ1n) is 6.90. The van der Waals surface area contributed by atoms with Gasteiger partial charge in [0.2, 0.25) is 5.96 Å². The first-order valence-corrected chi connectivity index (χ1v) is 6.90. The molecule has 1 aromatic carbocycles. The number of hydrogen-bond acceptors (Lipinski definition) is 5. The van der Waals surface area contributed by atoms with Crippen molar-refractivity contribution in [3.8, 4) is 5.75 Å². The minimum atomic E-state index is -0.512. The van der Waals surface area contributed by atoms with Crippen LogP contribution in [0.5, 0.6) is 5.75 Å². The van der Waals surface area contributed by atoms with Gasteiger partial charge in [-0.05, 0) is 31.5 Å². The van der Waals surface area contributed by atoms with Crippen LogP contribution in [0.1, 0.15) is 25.5 Å². The molecule has 0 bridgehead atoms. The third kappa shape index (κ3) is 3.65. The molecule has 0 saturated heterocycles. The highest BCUT2D eigenvalue weighted by molar-refractivity contribution is 5.94. The van der Waals surface area contributed by atoms with Gasteiger partial charge in [-0.2, -0.15) is 0 Å². The maximum Gasteiger partial charge on any atom is 0.413 e. The minimum Gasteiger partial charge on any atom is -0.491 e. The summed E-state index contributed by atoms with van der Waals surface area (Å²) < 4.78 is 10.2. The smallest absolute Gasteiger partial charge is 0.413 e. The van der Waals surface area contributed by atoms with Crippen molar-refractivity contribution in [2.45, 2.75) is 26.0 Å². The van der Waals surface area contributed by atoms with Crippen LogP contribution in [0.2, 0.25) is 0 Å². The Kier molecular flexibility index (Phi) is 4.67. The van der Waals surface area contributed by atoms with Crippen LogP contribution < -0.4 is 10.1 Å². The molecule has 0 fully saturated rings. The van der Waals surface area contributed by atoms with Crippen LogP contribution in [0.15, 0.2) is 29.3 Å². The lowest BCUT2D eigenvalue weighted by Gasteiger charge is -2.23. The van der Waals surface area contributed by atoms with E-state index in [0.717, 1.165) is 11.3 Å². The third-order valence-corrected chi connectivity index (χ3v) is 3.25. The molecule has 0 aromatic heterocycles. The fraction of sp³-hybridized carbons (Fsp3) is 0.467. The number of guanidine groups is 1. The number of benzene rings is 1. The van der Waals surface area contributed by atoms with E-state index in [-0.39, 0.29) is 12.1 Å². The zero-order valence-electron chi connectivity index (χ0n) is 12.8. The number of hydrogen-bond donors (Lipinski definition) is 1. The first-order chi connectivity index (χ1) is 10.0. The molecule has 1 aliphatic rings. The van der Waals surface area contributed by atoms with E-state index in [0.29, 0.717) is 12.5 Å². The standard InChI is InChI=1S/C15H21N3O3/c1-10(2)21-12-7-5-11(6-8-12)13-9-16-14(18(13)3)17-15(19)20-4/h5-8,10,13H,9H2,1-4H3,(H,16,17,19). The Morgan fingerprint density at radius 1 is 1.38 bits per heavy atom. The zero-order valence-corrected chi connectivity index (χ0v) is 12.8. The highest BCUT2D eigenvalue weighted by Gasteiger charge is 2.27. The lowest BCUT2D eigenvalue weighted by molar-refractivity contribution is 0.175. The van der Waals surface area contributed by atoms with E-state index >= 15 is 0 Å². The molecule has 1 amide bonds. The number of aliphatic imine (C=N–C) groups is 1. The summed E-state index contributed by atoms with van der Waals surface area (Å²) in [5.74, 6) is 1.37. The summed E-state index contributed by atoms with van der Waals surface area (Å²) >= 11 is 0. The van der Waals surface area contributed by atoms with Gasteiger partial charge in [0.15, 0.2) is 0 Å². The van der Waals surface area contributed by atoms with E-state index in [1.54, 1.807) is 0 Å². The number of carbonyl (C=O) groups is 1. The molecular weight excluding hydrogens is 270 g/mol. The van der Waals surface area contributed by atoms with Crippen LogP contribution in [0, 0.1) is 0 Å². The van der Waals surface area contributed by atoms with Crippen molar-refractivity contribution in [3.63, 3.8) is 0 Å². The molecule has 6 nitrogen and oxygen atoms in total. The lowest BCUT2D eigenvalue weighted by atomic mass is 10.1. The molecule has 1 N–H and O–H groups in total. The number of amides is 1.